The van der Waals surface area contributed by atoms with Gasteiger partial charge in [0.05, 0.1) is 0 Å². The standard InChI is InChI=1S/C9H16N4S2/c10-8-12-13-9(15-8)14-6-3-7-1-4-11-5-2-7/h7,11H,1-6H2,(H2,10,12). The third-order valence-corrected chi connectivity index (χ3v) is 4.55. The molecule has 1 saturated heterocycles. The van der Waals surface area contributed by atoms with E-state index >= 15 is 0 Å². The Morgan fingerprint density at radius 2 is 2.20 bits per heavy atom. The summed E-state index contributed by atoms with van der Waals surface area (Å²) in [5, 5.41) is 11.7. The van der Waals surface area contributed by atoms with Crippen LogP contribution in [0, 0.1) is 5.92 Å². The predicted molar refractivity (Wildman–Crippen MR) is 65.3 cm³/mol. The summed E-state index contributed by atoms with van der Waals surface area (Å²) < 4.78 is 1.00. The van der Waals surface area contributed by atoms with Crippen LogP contribution in [0.25, 0.3) is 0 Å². The SMILES string of the molecule is Nc1nnc(SCCC2CCNCC2)s1. The molecule has 1 aromatic heterocycles. The van der Waals surface area contributed by atoms with Crippen LogP contribution in [0.15, 0.2) is 4.34 Å². The van der Waals surface area contributed by atoms with Gasteiger partial charge in [-0.1, -0.05) is 23.1 Å². The zero-order valence-electron chi connectivity index (χ0n) is 8.61. The molecule has 15 heavy (non-hydrogen) atoms. The van der Waals surface area contributed by atoms with Crippen LogP contribution < -0.4 is 11.1 Å². The number of nitrogens with two attached hydrogens (primary N) is 1. The minimum absolute atomic E-state index is 0.569. The highest BCUT2D eigenvalue weighted by molar-refractivity contribution is 8.01. The van der Waals surface area contributed by atoms with E-state index in [1.54, 1.807) is 11.8 Å². The average Bonchev–Trinajstić information content (AvgIpc) is 2.66. The Balaban J connectivity index is 1.65. The second kappa shape index (κ2) is 5.67. The second-order valence-corrected chi connectivity index (χ2v) is 6.09. The zero-order valence-corrected chi connectivity index (χ0v) is 10.2. The summed E-state index contributed by atoms with van der Waals surface area (Å²) in [6.07, 6.45) is 3.92. The molecule has 0 spiro atoms. The van der Waals surface area contributed by atoms with Crippen LogP contribution in [0.1, 0.15) is 19.3 Å². The van der Waals surface area contributed by atoms with Gasteiger partial charge in [-0.25, -0.2) is 0 Å². The first-order valence-electron chi connectivity index (χ1n) is 5.27. The highest BCUT2D eigenvalue weighted by Gasteiger charge is 2.12. The number of anilines is 1. The normalized spacial score (nSPS) is 18.1. The van der Waals surface area contributed by atoms with E-state index in [0.717, 1.165) is 16.0 Å². The van der Waals surface area contributed by atoms with E-state index in [-0.39, 0.29) is 0 Å². The Hall–Kier alpha value is -0.330. The van der Waals surface area contributed by atoms with Crippen molar-refractivity contribution in [1.29, 1.82) is 0 Å². The molecule has 0 atom stereocenters. The van der Waals surface area contributed by atoms with Gasteiger partial charge >= 0.3 is 0 Å². The van der Waals surface area contributed by atoms with Crippen molar-refractivity contribution in [2.75, 3.05) is 24.6 Å². The molecule has 0 radical (unpaired) electrons. The Morgan fingerprint density at radius 1 is 1.40 bits per heavy atom. The molecule has 0 saturated carbocycles. The number of nitrogens with zero attached hydrogens (tertiary/aromatic N) is 2. The molecule has 0 bridgehead atoms. The third-order valence-electron chi connectivity index (χ3n) is 2.63. The van der Waals surface area contributed by atoms with Gasteiger partial charge in [0.1, 0.15) is 0 Å². The van der Waals surface area contributed by atoms with Gasteiger partial charge in [-0.2, -0.15) is 0 Å². The fraction of sp³-hybridized carbons (Fsp3) is 0.778. The van der Waals surface area contributed by atoms with E-state index in [4.69, 9.17) is 5.73 Å². The van der Waals surface area contributed by atoms with Crippen LogP contribution in [0.2, 0.25) is 0 Å². The minimum atomic E-state index is 0.569. The van der Waals surface area contributed by atoms with Gasteiger partial charge in [-0.15, -0.1) is 10.2 Å². The Kier molecular flexibility index (Phi) is 4.22. The summed E-state index contributed by atoms with van der Waals surface area (Å²) >= 11 is 3.26. The molecule has 1 aliphatic rings. The third kappa shape index (κ3) is 3.62. The molecule has 4 nitrogen and oxygen atoms in total. The van der Waals surface area contributed by atoms with E-state index in [1.165, 1.54) is 43.7 Å². The van der Waals surface area contributed by atoms with Gasteiger partial charge in [0.2, 0.25) is 5.13 Å². The first kappa shape index (κ1) is 11.2. The summed E-state index contributed by atoms with van der Waals surface area (Å²) in [6.45, 7) is 2.36. The highest BCUT2D eigenvalue weighted by atomic mass is 32.2. The van der Waals surface area contributed by atoms with Crippen LogP contribution in [-0.2, 0) is 0 Å². The summed E-state index contributed by atoms with van der Waals surface area (Å²) in [5.74, 6) is 2.03. The van der Waals surface area contributed by atoms with Gasteiger partial charge in [-0.3, -0.25) is 0 Å². The van der Waals surface area contributed by atoms with Crippen molar-refractivity contribution in [3.05, 3.63) is 0 Å². The average molecular weight is 244 g/mol. The molecular weight excluding hydrogens is 228 g/mol. The summed E-state index contributed by atoms with van der Waals surface area (Å²) in [6, 6.07) is 0. The van der Waals surface area contributed by atoms with Gasteiger partial charge in [0, 0.05) is 5.75 Å². The highest BCUT2D eigenvalue weighted by Crippen LogP contribution is 2.26. The second-order valence-electron chi connectivity index (χ2n) is 3.74. The van der Waals surface area contributed by atoms with Crippen molar-refractivity contribution >= 4 is 28.2 Å². The number of nitrogens with one attached hydrogen (secondary N) is 1. The lowest BCUT2D eigenvalue weighted by atomic mass is 9.96. The molecule has 1 aliphatic heterocycles. The first-order valence-corrected chi connectivity index (χ1v) is 7.07. The van der Waals surface area contributed by atoms with E-state index in [9.17, 15) is 0 Å². The summed E-state index contributed by atoms with van der Waals surface area (Å²) in [7, 11) is 0. The molecule has 0 unspecified atom stereocenters. The topological polar surface area (TPSA) is 63.8 Å². The Labute approximate surface area is 98.0 Å². The maximum absolute atomic E-state index is 5.52. The van der Waals surface area contributed by atoms with Gasteiger partial charge < -0.3 is 11.1 Å². The number of nitrogen functional groups attached to an aromatic ring is 1. The molecule has 0 aromatic carbocycles. The lowest BCUT2D eigenvalue weighted by molar-refractivity contribution is 0.367. The smallest absolute Gasteiger partial charge is 0.203 e. The molecule has 2 heterocycles. The Bertz CT molecular complexity index is 296. The summed E-state index contributed by atoms with van der Waals surface area (Å²) in [4.78, 5) is 0. The first-order chi connectivity index (χ1) is 7.34. The van der Waals surface area contributed by atoms with Crippen LogP contribution in [0.5, 0.6) is 0 Å². The predicted octanol–water partition coefficient (Wildman–Crippen LogP) is 1.60. The fourth-order valence-electron chi connectivity index (χ4n) is 1.76. The summed E-state index contributed by atoms with van der Waals surface area (Å²) in [5.41, 5.74) is 5.52. The van der Waals surface area contributed by atoms with E-state index in [1.807, 2.05) is 0 Å². The lowest BCUT2D eigenvalue weighted by Crippen LogP contribution is -2.27. The van der Waals surface area contributed by atoms with E-state index in [0.29, 0.717) is 5.13 Å². The van der Waals surface area contributed by atoms with Crippen molar-refractivity contribution in [3.63, 3.8) is 0 Å². The maximum Gasteiger partial charge on any atom is 0.203 e. The van der Waals surface area contributed by atoms with Gasteiger partial charge in [-0.05, 0) is 38.3 Å². The minimum Gasteiger partial charge on any atom is -0.374 e. The molecule has 3 N–H and O–H groups in total. The van der Waals surface area contributed by atoms with Gasteiger partial charge in [0.25, 0.3) is 0 Å². The number of rotatable bonds is 4. The van der Waals surface area contributed by atoms with E-state index in [2.05, 4.69) is 15.5 Å². The molecule has 1 fully saturated rings. The number of thioether (sulfide) groups is 1. The van der Waals surface area contributed by atoms with Crippen LogP contribution in [-0.4, -0.2) is 29.0 Å². The fourth-order valence-corrected chi connectivity index (χ4v) is 3.57. The maximum atomic E-state index is 5.52. The quantitative estimate of drug-likeness (QED) is 0.788. The number of hydrogen-bond donors (Lipinski definition) is 2. The molecule has 0 amide bonds. The Morgan fingerprint density at radius 3 is 2.87 bits per heavy atom. The van der Waals surface area contributed by atoms with Crippen LogP contribution in [0.3, 0.4) is 0 Å². The molecule has 84 valence electrons. The number of hydrogen-bond acceptors (Lipinski definition) is 6. The van der Waals surface area contributed by atoms with Gasteiger partial charge in [0.15, 0.2) is 4.34 Å². The van der Waals surface area contributed by atoms with Crippen LogP contribution in [0.4, 0.5) is 5.13 Å². The molecule has 1 aromatic rings. The molecule has 0 aliphatic carbocycles. The van der Waals surface area contributed by atoms with Crippen LogP contribution >= 0.6 is 23.1 Å². The van der Waals surface area contributed by atoms with Crippen molar-refractivity contribution in [3.8, 4) is 0 Å². The lowest BCUT2D eigenvalue weighted by Gasteiger charge is -2.21. The number of piperidine rings is 1. The van der Waals surface area contributed by atoms with E-state index < -0.39 is 0 Å². The molecular formula is C9H16N4S2. The molecule has 6 heteroatoms. The number of aromatic nitrogens is 2. The monoisotopic (exact) mass is 244 g/mol. The largest absolute Gasteiger partial charge is 0.374 e. The van der Waals surface area contributed by atoms with Crippen molar-refractivity contribution < 1.29 is 0 Å². The molecule has 2 rings (SSSR count). The zero-order chi connectivity index (χ0) is 10.5. The van der Waals surface area contributed by atoms with Crippen molar-refractivity contribution in [2.24, 2.45) is 5.92 Å². The van der Waals surface area contributed by atoms with Crippen molar-refractivity contribution in [2.45, 2.75) is 23.6 Å². The van der Waals surface area contributed by atoms with Crippen molar-refractivity contribution in [1.82, 2.24) is 15.5 Å².